The molecule has 0 amide bonds. The first-order chi connectivity index (χ1) is 6.09. The average molecular weight is 283 g/mol. The van der Waals surface area contributed by atoms with Crippen molar-refractivity contribution in [3.05, 3.63) is 31.1 Å². The molecule has 0 aliphatic heterocycles. The first-order valence-electron chi connectivity index (χ1n) is 3.26. The molecule has 13 heavy (non-hydrogen) atoms. The Labute approximate surface area is 90.8 Å². The van der Waals surface area contributed by atoms with Gasteiger partial charge in [-0.1, -0.05) is 23.2 Å². The summed E-state index contributed by atoms with van der Waals surface area (Å²) in [5.41, 5.74) is 0.894. The molecule has 2 aromatic rings. The summed E-state index contributed by atoms with van der Waals surface area (Å²) in [5.74, 6) is -0.533. The van der Waals surface area contributed by atoms with Crippen LogP contribution in [0, 0.1) is 0 Å². The highest BCUT2D eigenvalue weighted by molar-refractivity contribution is 9.10. The molecular formula is C7H2BrCl2NO2. The van der Waals surface area contributed by atoms with Crippen LogP contribution in [0.5, 0.6) is 0 Å². The van der Waals surface area contributed by atoms with Gasteiger partial charge in [-0.15, -0.1) is 0 Å². The lowest BCUT2D eigenvalue weighted by atomic mass is 10.3. The van der Waals surface area contributed by atoms with Crippen LogP contribution in [0.1, 0.15) is 0 Å². The number of nitrogens with one attached hydrogen (secondary N) is 1. The van der Waals surface area contributed by atoms with Crippen molar-refractivity contribution in [2.24, 2.45) is 0 Å². The van der Waals surface area contributed by atoms with E-state index < -0.39 is 5.76 Å². The van der Waals surface area contributed by atoms with Gasteiger partial charge in [0, 0.05) is 6.07 Å². The first kappa shape index (κ1) is 9.12. The molecule has 0 radical (unpaired) electrons. The highest BCUT2D eigenvalue weighted by Crippen LogP contribution is 2.35. The second-order valence-corrected chi connectivity index (χ2v) is 3.95. The van der Waals surface area contributed by atoms with Crippen LogP contribution in [-0.2, 0) is 0 Å². The molecule has 68 valence electrons. The van der Waals surface area contributed by atoms with E-state index in [9.17, 15) is 4.79 Å². The zero-order valence-electron chi connectivity index (χ0n) is 6.03. The van der Waals surface area contributed by atoms with Crippen LogP contribution in [0.3, 0.4) is 0 Å². The SMILES string of the molecule is O=c1[nH]c2c(Br)c(Cl)c(Cl)cc2o1. The molecule has 1 N–H and O–H groups in total. The zero-order valence-corrected chi connectivity index (χ0v) is 9.13. The summed E-state index contributed by atoms with van der Waals surface area (Å²) in [4.78, 5) is 13.3. The Morgan fingerprint density at radius 1 is 1.46 bits per heavy atom. The lowest BCUT2D eigenvalue weighted by Crippen LogP contribution is -1.93. The maximum atomic E-state index is 10.8. The van der Waals surface area contributed by atoms with E-state index in [1.54, 1.807) is 0 Å². The van der Waals surface area contributed by atoms with Crippen molar-refractivity contribution < 1.29 is 4.42 Å². The number of halogens is 3. The smallest absolute Gasteiger partial charge is 0.408 e. The fourth-order valence-electron chi connectivity index (χ4n) is 0.998. The summed E-state index contributed by atoms with van der Waals surface area (Å²) < 4.78 is 5.33. The van der Waals surface area contributed by atoms with Gasteiger partial charge in [0.15, 0.2) is 5.58 Å². The lowest BCUT2D eigenvalue weighted by molar-refractivity contribution is 0.555. The van der Waals surface area contributed by atoms with Gasteiger partial charge in [-0.3, -0.25) is 4.98 Å². The molecule has 0 saturated carbocycles. The van der Waals surface area contributed by atoms with Crippen molar-refractivity contribution in [3.63, 3.8) is 0 Å². The van der Waals surface area contributed by atoms with Gasteiger partial charge in [0.25, 0.3) is 0 Å². The summed E-state index contributed by atoms with van der Waals surface area (Å²) in [7, 11) is 0. The topological polar surface area (TPSA) is 46.0 Å². The van der Waals surface area contributed by atoms with E-state index in [1.807, 2.05) is 0 Å². The Bertz CT molecular complexity index is 531. The molecule has 1 aromatic heterocycles. The van der Waals surface area contributed by atoms with Gasteiger partial charge in [-0.05, 0) is 15.9 Å². The molecule has 0 bridgehead atoms. The van der Waals surface area contributed by atoms with Gasteiger partial charge in [0.2, 0.25) is 0 Å². The number of H-pyrrole nitrogens is 1. The van der Waals surface area contributed by atoms with E-state index in [-0.39, 0.29) is 0 Å². The molecule has 2 rings (SSSR count). The Morgan fingerprint density at radius 3 is 2.85 bits per heavy atom. The molecular weight excluding hydrogens is 281 g/mol. The molecule has 0 aliphatic rings. The van der Waals surface area contributed by atoms with Gasteiger partial charge in [-0.25, -0.2) is 4.79 Å². The van der Waals surface area contributed by atoms with Crippen molar-refractivity contribution >= 4 is 50.2 Å². The third-order valence-corrected chi connectivity index (χ3v) is 3.36. The van der Waals surface area contributed by atoms with Gasteiger partial charge >= 0.3 is 5.76 Å². The fraction of sp³-hybridized carbons (Fsp3) is 0. The number of rotatable bonds is 0. The maximum Gasteiger partial charge on any atom is 0.417 e. The third kappa shape index (κ3) is 1.39. The number of aromatic amines is 1. The number of benzene rings is 1. The molecule has 1 aromatic carbocycles. The predicted octanol–water partition coefficient (Wildman–Crippen LogP) is 3.19. The normalized spacial score (nSPS) is 11.0. The highest BCUT2D eigenvalue weighted by atomic mass is 79.9. The van der Waals surface area contributed by atoms with Crippen LogP contribution in [-0.4, -0.2) is 4.98 Å². The quantitative estimate of drug-likeness (QED) is 0.755. The minimum atomic E-state index is -0.533. The van der Waals surface area contributed by atoms with E-state index in [1.165, 1.54) is 6.07 Å². The first-order valence-corrected chi connectivity index (χ1v) is 4.81. The van der Waals surface area contributed by atoms with Crippen LogP contribution in [0.2, 0.25) is 10.0 Å². The Hall–Kier alpha value is -0.450. The molecule has 0 aliphatic carbocycles. The van der Waals surface area contributed by atoms with E-state index in [4.69, 9.17) is 27.6 Å². The van der Waals surface area contributed by atoms with Gasteiger partial charge in [0.05, 0.1) is 14.5 Å². The van der Waals surface area contributed by atoms with Crippen LogP contribution >= 0.6 is 39.1 Å². The van der Waals surface area contributed by atoms with Gasteiger partial charge in [-0.2, -0.15) is 0 Å². The molecule has 0 saturated heterocycles. The van der Waals surface area contributed by atoms with Gasteiger partial charge in [0.1, 0.15) is 5.52 Å². The number of fused-ring (bicyclic) bond motifs is 1. The largest absolute Gasteiger partial charge is 0.417 e. The molecule has 0 spiro atoms. The number of aromatic nitrogens is 1. The number of oxazole rings is 1. The van der Waals surface area contributed by atoms with Crippen LogP contribution in [0.4, 0.5) is 0 Å². The number of hydrogen-bond acceptors (Lipinski definition) is 2. The van der Waals surface area contributed by atoms with Crippen molar-refractivity contribution in [3.8, 4) is 0 Å². The molecule has 0 atom stereocenters. The molecule has 3 nitrogen and oxygen atoms in total. The van der Waals surface area contributed by atoms with Crippen LogP contribution < -0.4 is 5.76 Å². The molecule has 0 fully saturated rings. The monoisotopic (exact) mass is 281 g/mol. The fourth-order valence-corrected chi connectivity index (χ4v) is 1.96. The van der Waals surface area contributed by atoms with Crippen LogP contribution in [0.25, 0.3) is 11.1 Å². The van der Waals surface area contributed by atoms with E-state index in [2.05, 4.69) is 20.9 Å². The minimum Gasteiger partial charge on any atom is -0.408 e. The molecule has 6 heteroatoms. The van der Waals surface area contributed by atoms with E-state index >= 15 is 0 Å². The molecule has 1 heterocycles. The van der Waals surface area contributed by atoms with Crippen molar-refractivity contribution in [1.29, 1.82) is 0 Å². The third-order valence-electron chi connectivity index (χ3n) is 1.56. The van der Waals surface area contributed by atoms with Crippen molar-refractivity contribution in [2.45, 2.75) is 0 Å². The lowest BCUT2D eigenvalue weighted by Gasteiger charge is -1.97. The Kier molecular flexibility index (Phi) is 2.14. The summed E-state index contributed by atoms with van der Waals surface area (Å²) in [6.45, 7) is 0. The second kappa shape index (κ2) is 3.04. The summed E-state index contributed by atoms with van der Waals surface area (Å²) in [6, 6.07) is 1.49. The maximum absolute atomic E-state index is 10.8. The van der Waals surface area contributed by atoms with E-state index in [0.29, 0.717) is 25.6 Å². The summed E-state index contributed by atoms with van der Waals surface area (Å²) in [5, 5.41) is 0.690. The zero-order chi connectivity index (χ0) is 9.59. The standard InChI is InChI=1S/C7H2BrCl2NO2/c8-4-5(10)2(9)1-3-6(4)11-7(12)13-3/h1H,(H,11,12). The predicted molar refractivity (Wildman–Crippen MR) is 54.6 cm³/mol. The second-order valence-electron chi connectivity index (χ2n) is 2.37. The highest BCUT2D eigenvalue weighted by Gasteiger charge is 2.11. The Morgan fingerprint density at radius 2 is 2.15 bits per heavy atom. The van der Waals surface area contributed by atoms with Crippen molar-refractivity contribution in [2.75, 3.05) is 0 Å². The average Bonchev–Trinajstić information content (AvgIpc) is 2.42. The summed E-state index contributed by atoms with van der Waals surface area (Å²) in [6.07, 6.45) is 0. The minimum absolute atomic E-state index is 0.337. The number of hydrogen-bond donors (Lipinski definition) is 1. The Balaban J connectivity index is 3.00. The van der Waals surface area contributed by atoms with E-state index in [0.717, 1.165) is 0 Å². The van der Waals surface area contributed by atoms with Gasteiger partial charge < -0.3 is 4.42 Å². The van der Waals surface area contributed by atoms with Crippen molar-refractivity contribution in [1.82, 2.24) is 4.98 Å². The van der Waals surface area contributed by atoms with Crippen LogP contribution in [0.15, 0.2) is 19.8 Å². The summed E-state index contributed by atoms with van der Waals surface area (Å²) >= 11 is 14.8. The molecule has 0 unspecified atom stereocenters.